The van der Waals surface area contributed by atoms with Gasteiger partial charge in [0, 0.05) is 19.1 Å². The minimum Gasteiger partial charge on any atom is -0.336 e. The van der Waals surface area contributed by atoms with Crippen LogP contribution in [0.1, 0.15) is 20.8 Å². The maximum absolute atomic E-state index is 12.1. The summed E-state index contributed by atoms with van der Waals surface area (Å²) in [5, 5.41) is 11.8. The molecule has 2 aromatic rings. The second kappa shape index (κ2) is 6.35. The lowest BCUT2D eigenvalue weighted by molar-refractivity contribution is 0.231. The van der Waals surface area contributed by atoms with Gasteiger partial charge in [0.1, 0.15) is 0 Å². The molecule has 0 atom stereocenters. The van der Waals surface area contributed by atoms with Gasteiger partial charge >= 0.3 is 11.7 Å². The SMILES string of the molecule is Cn1c(-c2cccs2)nn(CCNC(=O)NC(C)(C)C)c1=O. The molecule has 0 aromatic carbocycles. The first-order valence-electron chi connectivity index (χ1n) is 7.01. The molecule has 0 aliphatic heterocycles. The molecule has 0 unspecified atom stereocenters. The zero-order valence-corrected chi connectivity index (χ0v) is 14.0. The van der Waals surface area contributed by atoms with Gasteiger partial charge in [-0.05, 0) is 32.2 Å². The van der Waals surface area contributed by atoms with Crippen LogP contribution in [0.25, 0.3) is 10.7 Å². The molecule has 2 N–H and O–H groups in total. The van der Waals surface area contributed by atoms with Gasteiger partial charge in [0.2, 0.25) is 0 Å². The number of carbonyl (C=O) groups is 1. The molecular weight excluding hydrogens is 302 g/mol. The first kappa shape index (κ1) is 16.3. The van der Waals surface area contributed by atoms with E-state index >= 15 is 0 Å². The van der Waals surface area contributed by atoms with Gasteiger partial charge in [-0.2, -0.15) is 0 Å². The van der Waals surface area contributed by atoms with E-state index in [0.717, 1.165) is 4.88 Å². The summed E-state index contributed by atoms with van der Waals surface area (Å²) in [4.78, 5) is 24.7. The number of nitrogens with zero attached hydrogens (tertiary/aromatic N) is 3. The molecule has 2 aromatic heterocycles. The zero-order chi connectivity index (χ0) is 16.3. The number of carbonyl (C=O) groups excluding carboxylic acids is 1. The van der Waals surface area contributed by atoms with E-state index in [4.69, 9.17) is 0 Å². The topological polar surface area (TPSA) is 81.0 Å². The van der Waals surface area contributed by atoms with Gasteiger partial charge in [0.25, 0.3) is 0 Å². The largest absolute Gasteiger partial charge is 0.346 e. The summed E-state index contributed by atoms with van der Waals surface area (Å²) in [5.41, 5.74) is -0.487. The van der Waals surface area contributed by atoms with Crippen LogP contribution in [0.2, 0.25) is 0 Å². The highest BCUT2D eigenvalue weighted by Crippen LogP contribution is 2.20. The Hall–Kier alpha value is -2.09. The number of hydrogen-bond acceptors (Lipinski definition) is 4. The molecule has 2 heterocycles. The second-order valence-electron chi connectivity index (χ2n) is 6.00. The van der Waals surface area contributed by atoms with Gasteiger partial charge in [0.15, 0.2) is 5.82 Å². The molecule has 8 heteroatoms. The van der Waals surface area contributed by atoms with Gasteiger partial charge in [-0.1, -0.05) is 6.07 Å². The smallest absolute Gasteiger partial charge is 0.336 e. The minimum atomic E-state index is -0.293. The predicted octanol–water partition coefficient (Wildman–Crippen LogP) is 1.41. The number of nitrogens with one attached hydrogen (secondary N) is 2. The van der Waals surface area contributed by atoms with E-state index in [-0.39, 0.29) is 17.3 Å². The fraction of sp³-hybridized carbons (Fsp3) is 0.500. The third-order valence-electron chi connectivity index (χ3n) is 2.88. The van der Waals surface area contributed by atoms with Gasteiger partial charge < -0.3 is 10.6 Å². The molecule has 0 saturated heterocycles. The lowest BCUT2D eigenvalue weighted by Crippen LogP contribution is -2.47. The fourth-order valence-corrected chi connectivity index (χ4v) is 2.66. The monoisotopic (exact) mass is 323 g/mol. The Bertz CT molecular complexity index is 694. The van der Waals surface area contributed by atoms with Crippen LogP contribution in [0, 0.1) is 0 Å². The van der Waals surface area contributed by atoms with Crippen molar-refractivity contribution in [1.29, 1.82) is 0 Å². The first-order chi connectivity index (χ1) is 10.3. The molecule has 0 aliphatic rings. The van der Waals surface area contributed by atoms with Crippen LogP contribution in [-0.4, -0.2) is 32.5 Å². The third kappa shape index (κ3) is 3.97. The Kier molecular flexibility index (Phi) is 4.70. The van der Waals surface area contributed by atoms with Gasteiger partial charge in [0.05, 0.1) is 11.4 Å². The van der Waals surface area contributed by atoms with Crippen molar-refractivity contribution < 1.29 is 4.79 Å². The van der Waals surface area contributed by atoms with Gasteiger partial charge in [-0.3, -0.25) is 4.57 Å². The van der Waals surface area contributed by atoms with E-state index in [1.54, 1.807) is 7.05 Å². The first-order valence-corrected chi connectivity index (χ1v) is 7.89. The molecule has 120 valence electrons. The number of urea groups is 1. The molecule has 22 heavy (non-hydrogen) atoms. The third-order valence-corrected chi connectivity index (χ3v) is 3.75. The van der Waals surface area contributed by atoms with E-state index in [2.05, 4.69) is 15.7 Å². The number of rotatable bonds is 4. The van der Waals surface area contributed by atoms with Crippen molar-refractivity contribution in [2.45, 2.75) is 32.9 Å². The standard InChI is InChI=1S/C14H21N5O2S/c1-14(2,3)16-12(20)15-7-8-19-13(21)18(4)11(17-19)10-6-5-9-22-10/h5-6,9H,7-8H2,1-4H3,(H2,15,16,20). The lowest BCUT2D eigenvalue weighted by atomic mass is 10.1. The highest BCUT2D eigenvalue weighted by Gasteiger charge is 2.15. The quantitative estimate of drug-likeness (QED) is 0.892. The van der Waals surface area contributed by atoms with Crippen LogP contribution in [0.3, 0.4) is 0 Å². The van der Waals surface area contributed by atoms with Crippen molar-refractivity contribution in [3.8, 4) is 10.7 Å². The van der Waals surface area contributed by atoms with E-state index < -0.39 is 0 Å². The molecule has 0 fully saturated rings. The molecule has 2 rings (SSSR count). The van der Waals surface area contributed by atoms with Crippen LogP contribution in [0.15, 0.2) is 22.3 Å². The summed E-state index contributed by atoms with van der Waals surface area (Å²) >= 11 is 1.53. The second-order valence-corrected chi connectivity index (χ2v) is 6.94. The minimum absolute atomic E-state index is 0.193. The number of amides is 2. The Balaban J connectivity index is 1.98. The summed E-state index contributed by atoms with van der Waals surface area (Å²) in [6.07, 6.45) is 0. The average molecular weight is 323 g/mol. The Morgan fingerprint density at radius 3 is 2.73 bits per heavy atom. The summed E-state index contributed by atoms with van der Waals surface area (Å²) in [6, 6.07) is 3.59. The van der Waals surface area contributed by atoms with Crippen molar-refractivity contribution in [1.82, 2.24) is 25.0 Å². The van der Waals surface area contributed by atoms with Crippen molar-refractivity contribution in [3.05, 3.63) is 28.0 Å². The van der Waals surface area contributed by atoms with Crippen molar-refractivity contribution >= 4 is 17.4 Å². The van der Waals surface area contributed by atoms with E-state index in [0.29, 0.717) is 18.9 Å². The summed E-state index contributed by atoms with van der Waals surface area (Å²) < 4.78 is 2.88. The normalized spacial score (nSPS) is 11.5. The maximum Gasteiger partial charge on any atom is 0.346 e. The molecule has 7 nitrogen and oxygen atoms in total. The highest BCUT2D eigenvalue weighted by atomic mass is 32.1. The highest BCUT2D eigenvalue weighted by molar-refractivity contribution is 7.13. The Morgan fingerprint density at radius 2 is 2.14 bits per heavy atom. The van der Waals surface area contributed by atoms with Gasteiger partial charge in [-0.25, -0.2) is 14.3 Å². The average Bonchev–Trinajstić information content (AvgIpc) is 3.00. The summed E-state index contributed by atoms with van der Waals surface area (Å²) in [5.74, 6) is 0.638. The van der Waals surface area contributed by atoms with Crippen LogP contribution >= 0.6 is 11.3 Å². The molecular formula is C14H21N5O2S. The fourth-order valence-electron chi connectivity index (χ4n) is 1.91. The Labute approximate surface area is 133 Å². The van der Waals surface area contributed by atoms with E-state index in [1.165, 1.54) is 20.6 Å². The van der Waals surface area contributed by atoms with Crippen molar-refractivity contribution in [2.24, 2.45) is 7.05 Å². The van der Waals surface area contributed by atoms with E-state index in [9.17, 15) is 9.59 Å². The van der Waals surface area contributed by atoms with Crippen molar-refractivity contribution in [2.75, 3.05) is 6.54 Å². The predicted molar refractivity (Wildman–Crippen MR) is 87.1 cm³/mol. The lowest BCUT2D eigenvalue weighted by Gasteiger charge is -2.20. The van der Waals surface area contributed by atoms with Crippen LogP contribution in [-0.2, 0) is 13.6 Å². The van der Waals surface area contributed by atoms with E-state index in [1.807, 2.05) is 38.3 Å². The number of hydrogen-bond donors (Lipinski definition) is 2. The Morgan fingerprint density at radius 1 is 1.41 bits per heavy atom. The molecule has 0 radical (unpaired) electrons. The van der Waals surface area contributed by atoms with Crippen LogP contribution < -0.4 is 16.3 Å². The zero-order valence-electron chi connectivity index (χ0n) is 13.2. The van der Waals surface area contributed by atoms with Crippen LogP contribution in [0.4, 0.5) is 4.79 Å². The van der Waals surface area contributed by atoms with Gasteiger partial charge in [-0.15, -0.1) is 16.4 Å². The number of aromatic nitrogens is 3. The molecule has 0 saturated carbocycles. The molecule has 0 bridgehead atoms. The summed E-state index contributed by atoms with van der Waals surface area (Å²) in [7, 11) is 1.70. The maximum atomic E-state index is 12.1. The number of thiophene rings is 1. The molecule has 2 amide bonds. The van der Waals surface area contributed by atoms with Crippen molar-refractivity contribution in [3.63, 3.8) is 0 Å². The molecule has 0 spiro atoms. The molecule has 0 aliphatic carbocycles. The van der Waals surface area contributed by atoms with Crippen LogP contribution in [0.5, 0.6) is 0 Å². The summed E-state index contributed by atoms with van der Waals surface area (Å²) in [6.45, 7) is 6.38.